The molecule has 1 N–H and O–H groups in total. The number of piperidine rings is 1. The van der Waals surface area contributed by atoms with Gasteiger partial charge in [0.05, 0.1) is 23.7 Å². The van der Waals surface area contributed by atoms with Crippen LogP contribution in [0.15, 0.2) is 48.8 Å². The Morgan fingerprint density at radius 2 is 1.82 bits per heavy atom. The van der Waals surface area contributed by atoms with Gasteiger partial charge in [-0.05, 0) is 96.4 Å². The molecule has 1 saturated heterocycles. The number of alkyl halides is 6. The van der Waals surface area contributed by atoms with Crippen molar-refractivity contribution in [2.45, 2.75) is 58.0 Å². The average Bonchev–Trinajstić information content (AvgIpc) is 3.64. The van der Waals surface area contributed by atoms with Crippen molar-refractivity contribution >= 4 is 17.5 Å². The summed E-state index contributed by atoms with van der Waals surface area (Å²) in [6, 6.07) is 10.7. The number of anilines is 2. The number of unbranched alkanes of at least 4 members (excludes halogenated alkanes) is 1. The minimum atomic E-state index is -4.74. The first-order valence-corrected chi connectivity index (χ1v) is 16.2. The largest absolute Gasteiger partial charge is 0.416 e. The smallest absolute Gasteiger partial charge is 0.370 e. The predicted molar refractivity (Wildman–Crippen MR) is 174 cm³/mol. The van der Waals surface area contributed by atoms with Gasteiger partial charge in [-0.15, -0.1) is 10.2 Å². The van der Waals surface area contributed by atoms with Crippen LogP contribution in [0.3, 0.4) is 0 Å². The van der Waals surface area contributed by atoms with E-state index in [-0.39, 0.29) is 59.2 Å². The highest BCUT2D eigenvalue weighted by atomic mass is 19.4. The molecule has 0 spiro atoms. The molecule has 2 aromatic heterocycles. The van der Waals surface area contributed by atoms with Gasteiger partial charge in [-0.3, -0.25) is 14.6 Å². The molecule has 1 unspecified atom stereocenters. The summed E-state index contributed by atoms with van der Waals surface area (Å²) in [5.74, 6) is 0.0935. The molecule has 0 bridgehead atoms. The number of nitrogens with one attached hydrogen (secondary N) is 1. The first-order chi connectivity index (χ1) is 23.7. The summed E-state index contributed by atoms with van der Waals surface area (Å²) < 4.78 is 87.1. The Kier molecular flexibility index (Phi) is 9.58. The monoisotopic (exact) mass is 696 g/mol. The molecule has 2 aliphatic rings. The second-order valence-corrected chi connectivity index (χ2v) is 12.9. The Hall–Kier alpha value is -4.97. The minimum absolute atomic E-state index is 0.0488. The van der Waals surface area contributed by atoms with Gasteiger partial charge < -0.3 is 9.88 Å². The van der Waals surface area contributed by atoms with Crippen LogP contribution in [-0.4, -0.2) is 50.2 Å². The number of pyridine rings is 1. The second kappa shape index (κ2) is 13.7. The zero-order valence-corrected chi connectivity index (χ0v) is 27.4. The van der Waals surface area contributed by atoms with E-state index in [1.807, 2.05) is 6.07 Å². The number of nitrogens with zero attached hydrogens (tertiary/aromatic N) is 7. The lowest BCUT2D eigenvalue weighted by Gasteiger charge is -2.31. The van der Waals surface area contributed by atoms with Crippen LogP contribution in [0.25, 0.3) is 22.5 Å². The van der Waals surface area contributed by atoms with E-state index < -0.39 is 35.9 Å². The fourth-order valence-corrected chi connectivity index (χ4v) is 6.65. The summed E-state index contributed by atoms with van der Waals surface area (Å²) in [4.78, 5) is 21.7. The number of carbonyl (C=O) groups excluding carboxylic acids is 1. The molecule has 262 valence electrons. The highest BCUT2D eigenvalue weighted by molar-refractivity contribution is 6.10. The molecule has 1 amide bonds. The Labute approximate surface area is 284 Å². The van der Waals surface area contributed by atoms with E-state index in [1.165, 1.54) is 35.2 Å². The van der Waals surface area contributed by atoms with E-state index in [9.17, 15) is 31.1 Å². The van der Waals surface area contributed by atoms with Gasteiger partial charge in [0.2, 0.25) is 0 Å². The number of amides is 1. The van der Waals surface area contributed by atoms with Crippen molar-refractivity contribution in [3.8, 4) is 28.6 Å². The van der Waals surface area contributed by atoms with Crippen LogP contribution in [-0.2, 0) is 32.5 Å². The van der Waals surface area contributed by atoms with E-state index >= 15 is 0 Å². The number of benzene rings is 2. The first-order valence-electron chi connectivity index (χ1n) is 16.2. The fourth-order valence-electron chi connectivity index (χ4n) is 6.65. The van der Waals surface area contributed by atoms with Gasteiger partial charge in [0, 0.05) is 44.2 Å². The summed E-state index contributed by atoms with van der Waals surface area (Å²) >= 11 is 0. The number of hydrogen-bond donors (Lipinski definition) is 1. The van der Waals surface area contributed by atoms with Gasteiger partial charge in [0.1, 0.15) is 18.0 Å². The predicted octanol–water partition coefficient (Wildman–Crippen LogP) is 7.69. The highest BCUT2D eigenvalue weighted by Crippen LogP contribution is 2.42. The molecule has 0 aliphatic carbocycles. The number of aromatic nitrogens is 4. The van der Waals surface area contributed by atoms with E-state index in [4.69, 9.17) is 5.26 Å². The minimum Gasteiger partial charge on any atom is -0.370 e. The summed E-state index contributed by atoms with van der Waals surface area (Å²) in [6.07, 6.45) is -5.40. The Morgan fingerprint density at radius 3 is 2.50 bits per heavy atom. The maximum Gasteiger partial charge on any atom is 0.416 e. The molecule has 1 atom stereocenters. The SMILES string of the molecule is CC1CCCN(Cc2cc3c(c(C(F)(F)F)c2)CN(c2cc(-c4cc(C(F)(F)F)ccc4-c4nncn4C)cc(NCCCC#N)n2)C3=O)C1. The lowest BCUT2D eigenvalue weighted by atomic mass is 9.96. The standard InChI is InChI=1S/C35H34F6N8O/c1-21-6-5-11-48(17-21)18-22-12-27-28(29(13-22)35(39,40)41)19-49(33(27)50)31-15-23(14-30(45-31)43-10-4-3-9-42)26-16-24(34(36,37)38)7-8-25(26)32-46-44-20-47(32)2/h7-8,12-16,20-21H,3-6,10-11,17-19H2,1-2H3,(H,43,45). The normalized spacial score (nSPS) is 16.8. The van der Waals surface area contributed by atoms with Crippen molar-refractivity contribution in [2.24, 2.45) is 13.0 Å². The molecular weight excluding hydrogens is 662 g/mol. The molecule has 6 rings (SSSR count). The van der Waals surface area contributed by atoms with E-state index in [0.29, 0.717) is 23.5 Å². The van der Waals surface area contributed by atoms with Gasteiger partial charge in [-0.25, -0.2) is 4.98 Å². The van der Waals surface area contributed by atoms with Gasteiger partial charge in [-0.2, -0.15) is 31.6 Å². The lowest BCUT2D eigenvalue weighted by Crippen LogP contribution is -2.33. The summed E-state index contributed by atoms with van der Waals surface area (Å²) in [7, 11) is 1.63. The Balaban J connectivity index is 1.45. The Morgan fingerprint density at radius 1 is 1.02 bits per heavy atom. The number of nitriles is 1. The lowest BCUT2D eigenvalue weighted by molar-refractivity contribution is -0.138. The second-order valence-electron chi connectivity index (χ2n) is 12.9. The molecule has 4 aromatic rings. The van der Waals surface area contributed by atoms with E-state index in [2.05, 4.69) is 32.3 Å². The fraction of sp³-hybridized carbons (Fsp3) is 0.400. The average molecular weight is 697 g/mol. The quantitative estimate of drug-likeness (QED) is 0.141. The third-order valence-corrected chi connectivity index (χ3v) is 9.02. The van der Waals surface area contributed by atoms with Crippen LogP contribution in [0.1, 0.15) is 65.2 Å². The van der Waals surface area contributed by atoms with Crippen LogP contribution < -0.4 is 10.2 Å². The number of likely N-dealkylation sites (tertiary alicyclic amines) is 1. The summed E-state index contributed by atoms with van der Waals surface area (Å²) in [6.45, 7) is 3.68. The van der Waals surface area contributed by atoms with Crippen LogP contribution in [0.5, 0.6) is 0 Å². The van der Waals surface area contributed by atoms with Gasteiger partial charge >= 0.3 is 12.4 Å². The van der Waals surface area contributed by atoms with Crippen molar-refractivity contribution in [3.05, 3.63) is 76.6 Å². The summed E-state index contributed by atoms with van der Waals surface area (Å²) in [5, 5.41) is 20.0. The van der Waals surface area contributed by atoms with Gasteiger partial charge in [0.25, 0.3) is 5.91 Å². The molecule has 2 aliphatic heterocycles. The topological polar surface area (TPSA) is 103 Å². The summed E-state index contributed by atoms with van der Waals surface area (Å²) in [5.41, 5.74) is -1.13. The number of fused-ring (bicyclic) bond motifs is 1. The van der Waals surface area contributed by atoms with Crippen LogP contribution in [0.4, 0.5) is 38.0 Å². The third kappa shape index (κ3) is 7.30. The van der Waals surface area contributed by atoms with Crippen molar-refractivity contribution in [1.82, 2.24) is 24.6 Å². The molecule has 9 nitrogen and oxygen atoms in total. The number of halogens is 6. The highest BCUT2D eigenvalue weighted by Gasteiger charge is 2.41. The zero-order chi connectivity index (χ0) is 35.8. The molecule has 0 radical (unpaired) electrons. The van der Waals surface area contributed by atoms with Crippen molar-refractivity contribution < 1.29 is 31.1 Å². The van der Waals surface area contributed by atoms with Crippen LogP contribution in [0, 0.1) is 17.2 Å². The molecule has 15 heteroatoms. The zero-order valence-electron chi connectivity index (χ0n) is 27.4. The third-order valence-electron chi connectivity index (χ3n) is 9.02. The molecular formula is C35H34F6N8O. The Bertz CT molecular complexity index is 1950. The molecule has 2 aromatic carbocycles. The molecule has 1 fully saturated rings. The maximum absolute atomic E-state index is 14.5. The van der Waals surface area contributed by atoms with Crippen LogP contribution in [0.2, 0.25) is 0 Å². The van der Waals surface area contributed by atoms with E-state index in [1.54, 1.807) is 7.05 Å². The van der Waals surface area contributed by atoms with Gasteiger partial charge in [-0.1, -0.05) is 6.92 Å². The van der Waals surface area contributed by atoms with Gasteiger partial charge in [0.15, 0.2) is 5.82 Å². The maximum atomic E-state index is 14.5. The van der Waals surface area contributed by atoms with Crippen molar-refractivity contribution in [3.63, 3.8) is 0 Å². The van der Waals surface area contributed by atoms with Crippen molar-refractivity contribution in [1.29, 1.82) is 5.26 Å². The number of rotatable bonds is 9. The van der Waals surface area contributed by atoms with E-state index in [0.717, 1.165) is 49.0 Å². The molecule has 0 saturated carbocycles. The number of hydrogen-bond acceptors (Lipinski definition) is 7. The number of aryl methyl sites for hydroxylation is 1. The van der Waals surface area contributed by atoms with Crippen molar-refractivity contribution in [2.75, 3.05) is 29.9 Å². The first kappa shape index (κ1) is 34.9. The molecule has 50 heavy (non-hydrogen) atoms. The number of carbonyl (C=O) groups is 1. The molecule has 4 heterocycles. The van der Waals surface area contributed by atoms with Crippen LogP contribution >= 0.6 is 0 Å².